The van der Waals surface area contributed by atoms with Crippen molar-refractivity contribution in [2.75, 3.05) is 5.32 Å². The van der Waals surface area contributed by atoms with Crippen molar-refractivity contribution in [1.82, 2.24) is 9.97 Å². The molecule has 0 spiro atoms. The van der Waals surface area contributed by atoms with E-state index in [9.17, 15) is 0 Å². The number of benzene rings is 1. The smallest absolute Gasteiger partial charge is 0.135 e. The number of rotatable bonds is 3. The number of hydrogen-bond donors (Lipinski definition) is 1. The first-order valence-corrected chi connectivity index (χ1v) is 7.97. The van der Waals surface area contributed by atoms with E-state index in [0.717, 1.165) is 19.6 Å². The molecule has 0 atom stereocenters. The minimum Gasteiger partial charge on any atom is -0.339 e. The van der Waals surface area contributed by atoms with E-state index in [2.05, 4.69) is 53.8 Å². The van der Waals surface area contributed by atoms with Gasteiger partial charge in [0.15, 0.2) is 0 Å². The zero-order valence-corrected chi connectivity index (χ0v) is 14.9. The van der Waals surface area contributed by atoms with Crippen LogP contribution in [0.25, 0.3) is 0 Å². The average molecular weight is 453 g/mol. The molecular formula is C13H12BrClIN3. The van der Waals surface area contributed by atoms with Crippen LogP contribution in [0.1, 0.15) is 25.6 Å². The summed E-state index contributed by atoms with van der Waals surface area (Å²) in [5.41, 5.74) is 0.986. The van der Waals surface area contributed by atoms with Gasteiger partial charge in [0.25, 0.3) is 0 Å². The number of nitrogens with zero attached hydrogens (tertiary/aromatic N) is 2. The molecule has 1 N–H and O–H groups in total. The molecule has 0 unspecified atom stereocenters. The lowest BCUT2D eigenvalue weighted by Gasteiger charge is -2.11. The zero-order valence-electron chi connectivity index (χ0n) is 10.4. The van der Waals surface area contributed by atoms with Crippen molar-refractivity contribution in [2.24, 2.45) is 0 Å². The maximum absolute atomic E-state index is 6.03. The van der Waals surface area contributed by atoms with Crippen LogP contribution in [0.5, 0.6) is 0 Å². The highest BCUT2D eigenvalue weighted by Crippen LogP contribution is 2.27. The van der Waals surface area contributed by atoms with Gasteiger partial charge >= 0.3 is 0 Å². The maximum atomic E-state index is 6.03. The van der Waals surface area contributed by atoms with Gasteiger partial charge in [0.1, 0.15) is 16.8 Å². The highest BCUT2D eigenvalue weighted by atomic mass is 127. The molecule has 0 saturated carbocycles. The second-order valence-electron chi connectivity index (χ2n) is 4.34. The standard InChI is InChI=1S/C13H12BrClIN3/c1-7(2)13-18-11(15)6-12(19-13)17-10-5-8(14)3-4-9(10)16/h3-7H,1-2H3,(H,17,18,19). The van der Waals surface area contributed by atoms with E-state index in [0.29, 0.717) is 11.0 Å². The number of anilines is 2. The monoisotopic (exact) mass is 451 g/mol. The SMILES string of the molecule is CC(C)c1nc(Cl)cc(Nc2cc(Br)ccc2I)n1. The van der Waals surface area contributed by atoms with Crippen LogP contribution in [0.4, 0.5) is 11.5 Å². The lowest BCUT2D eigenvalue weighted by molar-refractivity contribution is 0.776. The fourth-order valence-corrected chi connectivity index (χ4v) is 2.51. The van der Waals surface area contributed by atoms with Crippen LogP contribution in [0.15, 0.2) is 28.7 Å². The van der Waals surface area contributed by atoms with E-state index in [1.165, 1.54) is 0 Å². The van der Waals surface area contributed by atoms with E-state index in [1.807, 2.05) is 32.0 Å². The van der Waals surface area contributed by atoms with Gasteiger partial charge in [0.05, 0.1) is 5.69 Å². The van der Waals surface area contributed by atoms with E-state index in [-0.39, 0.29) is 5.92 Å². The molecule has 0 saturated heterocycles. The molecule has 0 radical (unpaired) electrons. The summed E-state index contributed by atoms with van der Waals surface area (Å²) in [5, 5.41) is 3.73. The molecule has 0 bridgehead atoms. The fraction of sp³-hybridized carbons (Fsp3) is 0.231. The average Bonchev–Trinajstić information content (AvgIpc) is 2.33. The minimum atomic E-state index is 0.237. The van der Waals surface area contributed by atoms with Crippen molar-refractivity contribution >= 4 is 61.6 Å². The van der Waals surface area contributed by atoms with Gasteiger partial charge in [-0.1, -0.05) is 41.4 Å². The minimum absolute atomic E-state index is 0.237. The predicted molar refractivity (Wildman–Crippen MR) is 91.3 cm³/mol. The predicted octanol–water partition coefficient (Wildman–Crippen LogP) is 5.36. The van der Waals surface area contributed by atoms with E-state index >= 15 is 0 Å². The molecule has 2 rings (SSSR count). The third-order valence-electron chi connectivity index (χ3n) is 2.42. The molecule has 0 amide bonds. The topological polar surface area (TPSA) is 37.8 Å². The van der Waals surface area contributed by atoms with Crippen molar-refractivity contribution in [3.05, 3.63) is 43.3 Å². The van der Waals surface area contributed by atoms with Gasteiger partial charge in [-0.2, -0.15) is 0 Å². The highest BCUT2D eigenvalue weighted by Gasteiger charge is 2.08. The van der Waals surface area contributed by atoms with Gasteiger partial charge < -0.3 is 5.32 Å². The summed E-state index contributed by atoms with van der Waals surface area (Å²) in [6.07, 6.45) is 0. The third kappa shape index (κ3) is 4.03. The van der Waals surface area contributed by atoms with Gasteiger partial charge in [-0.3, -0.25) is 0 Å². The first-order valence-electron chi connectivity index (χ1n) is 5.72. The van der Waals surface area contributed by atoms with E-state index in [1.54, 1.807) is 6.07 Å². The first kappa shape index (κ1) is 15.0. The molecule has 1 aromatic heterocycles. The first-order chi connectivity index (χ1) is 8.95. The van der Waals surface area contributed by atoms with Crippen molar-refractivity contribution in [3.63, 3.8) is 0 Å². The van der Waals surface area contributed by atoms with Gasteiger partial charge in [0.2, 0.25) is 0 Å². The van der Waals surface area contributed by atoms with Crippen LogP contribution in [-0.4, -0.2) is 9.97 Å². The quantitative estimate of drug-likeness (QED) is 0.503. The molecule has 0 fully saturated rings. The Morgan fingerprint density at radius 3 is 2.68 bits per heavy atom. The molecule has 2 aromatic rings. The molecule has 100 valence electrons. The third-order valence-corrected chi connectivity index (χ3v) is 4.05. The van der Waals surface area contributed by atoms with Crippen LogP contribution >= 0.6 is 50.1 Å². The summed E-state index contributed by atoms with van der Waals surface area (Å²) in [6, 6.07) is 7.76. The van der Waals surface area contributed by atoms with Crippen molar-refractivity contribution in [1.29, 1.82) is 0 Å². The van der Waals surface area contributed by atoms with Gasteiger partial charge in [-0.05, 0) is 40.8 Å². The Morgan fingerprint density at radius 2 is 2.00 bits per heavy atom. The Labute approximate surface area is 139 Å². The van der Waals surface area contributed by atoms with Crippen LogP contribution in [0.3, 0.4) is 0 Å². The van der Waals surface area contributed by atoms with Crippen molar-refractivity contribution < 1.29 is 0 Å². The van der Waals surface area contributed by atoms with Crippen LogP contribution < -0.4 is 5.32 Å². The summed E-state index contributed by atoms with van der Waals surface area (Å²) in [4.78, 5) is 8.69. The normalized spacial score (nSPS) is 10.8. The van der Waals surface area contributed by atoms with Crippen LogP contribution in [0, 0.1) is 3.57 Å². The number of aromatic nitrogens is 2. The summed E-state index contributed by atoms with van der Waals surface area (Å²) >= 11 is 11.8. The van der Waals surface area contributed by atoms with Crippen LogP contribution in [-0.2, 0) is 0 Å². The number of hydrogen-bond acceptors (Lipinski definition) is 3. The van der Waals surface area contributed by atoms with Gasteiger partial charge in [-0.25, -0.2) is 9.97 Å². The second-order valence-corrected chi connectivity index (χ2v) is 6.80. The summed E-state index contributed by atoms with van der Waals surface area (Å²) in [6.45, 7) is 4.08. The lowest BCUT2D eigenvalue weighted by atomic mass is 10.2. The highest BCUT2D eigenvalue weighted by molar-refractivity contribution is 14.1. The molecule has 6 heteroatoms. The summed E-state index contributed by atoms with van der Waals surface area (Å²) in [7, 11) is 0. The zero-order chi connectivity index (χ0) is 14.0. The summed E-state index contributed by atoms with van der Waals surface area (Å²) in [5.74, 6) is 1.68. The second kappa shape index (κ2) is 6.37. The molecular weight excluding hydrogens is 440 g/mol. The number of halogens is 3. The van der Waals surface area contributed by atoms with Gasteiger partial charge in [-0.15, -0.1) is 0 Å². The molecule has 19 heavy (non-hydrogen) atoms. The van der Waals surface area contributed by atoms with E-state index in [4.69, 9.17) is 11.6 Å². The van der Waals surface area contributed by atoms with E-state index < -0.39 is 0 Å². The Bertz CT molecular complexity index is 604. The molecule has 1 heterocycles. The molecule has 0 aliphatic rings. The summed E-state index contributed by atoms with van der Waals surface area (Å²) < 4.78 is 2.13. The van der Waals surface area contributed by atoms with Crippen molar-refractivity contribution in [2.45, 2.75) is 19.8 Å². The van der Waals surface area contributed by atoms with Crippen LogP contribution in [0.2, 0.25) is 5.15 Å². The Kier molecular flexibility index (Phi) is 5.03. The molecule has 0 aliphatic heterocycles. The molecule has 3 nitrogen and oxygen atoms in total. The lowest BCUT2D eigenvalue weighted by Crippen LogP contribution is -2.02. The Balaban J connectivity index is 2.35. The Morgan fingerprint density at radius 1 is 1.26 bits per heavy atom. The van der Waals surface area contributed by atoms with Crippen molar-refractivity contribution in [3.8, 4) is 0 Å². The Hall–Kier alpha value is -0.400. The largest absolute Gasteiger partial charge is 0.339 e. The van der Waals surface area contributed by atoms with Gasteiger partial charge in [0, 0.05) is 20.0 Å². The number of nitrogens with one attached hydrogen (secondary N) is 1. The fourth-order valence-electron chi connectivity index (χ4n) is 1.49. The maximum Gasteiger partial charge on any atom is 0.135 e. The molecule has 0 aliphatic carbocycles. The molecule has 1 aromatic carbocycles.